The summed E-state index contributed by atoms with van der Waals surface area (Å²) >= 11 is 0. The third kappa shape index (κ3) is 6.25. The quantitative estimate of drug-likeness (QED) is 0.582. The van der Waals surface area contributed by atoms with Gasteiger partial charge in [-0.3, -0.25) is 9.59 Å². The Morgan fingerprint density at radius 3 is 2.71 bits per heavy atom. The van der Waals surface area contributed by atoms with E-state index in [0.29, 0.717) is 18.5 Å². The number of esters is 1. The van der Waals surface area contributed by atoms with Crippen LogP contribution < -0.4 is 10.2 Å². The van der Waals surface area contributed by atoms with E-state index in [-0.39, 0.29) is 11.9 Å². The first-order valence-corrected chi connectivity index (χ1v) is 7.03. The van der Waals surface area contributed by atoms with Crippen molar-refractivity contribution >= 4 is 17.7 Å². The van der Waals surface area contributed by atoms with Crippen molar-refractivity contribution in [3.05, 3.63) is 23.9 Å². The van der Waals surface area contributed by atoms with Gasteiger partial charge in [0.15, 0.2) is 0 Å². The fourth-order valence-corrected chi connectivity index (χ4v) is 1.78. The third-order valence-electron chi connectivity index (χ3n) is 3.04. The molecule has 0 aliphatic rings. The molecule has 1 heterocycles. The van der Waals surface area contributed by atoms with Gasteiger partial charge < -0.3 is 15.0 Å². The van der Waals surface area contributed by atoms with Gasteiger partial charge in [0.05, 0.1) is 7.11 Å². The number of hydrogen-bond donors (Lipinski definition) is 1. The SMILES string of the molecule is COC(=O)CCCCCNC(=O)c1ccnc(N(C)C)c1. The Bertz CT molecular complexity index is 475. The number of unbranched alkanes of at least 4 members (excludes halogenated alkanes) is 2. The van der Waals surface area contributed by atoms with Crippen LogP contribution >= 0.6 is 0 Å². The van der Waals surface area contributed by atoms with Crippen molar-refractivity contribution in [2.45, 2.75) is 25.7 Å². The molecule has 0 aliphatic carbocycles. The highest BCUT2D eigenvalue weighted by Crippen LogP contribution is 2.09. The van der Waals surface area contributed by atoms with E-state index in [2.05, 4.69) is 15.0 Å². The molecule has 6 nitrogen and oxygen atoms in total. The number of rotatable bonds is 8. The maximum absolute atomic E-state index is 12.0. The molecule has 116 valence electrons. The Labute approximate surface area is 125 Å². The molecule has 0 fully saturated rings. The summed E-state index contributed by atoms with van der Waals surface area (Å²) in [7, 11) is 5.15. The molecule has 0 aromatic carbocycles. The number of nitrogens with zero attached hydrogens (tertiary/aromatic N) is 2. The lowest BCUT2D eigenvalue weighted by atomic mass is 10.2. The number of amides is 1. The highest BCUT2D eigenvalue weighted by Gasteiger charge is 2.07. The summed E-state index contributed by atoms with van der Waals surface area (Å²) in [6.45, 7) is 0.597. The lowest BCUT2D eigenvalue weighted by Crippen LogP contribution is -2.25. The highest BCUT2D eigenvalue weighted by atomic mass is 16.5. The van der Waals surface area contributed by atoms with E-state index in [4.69, 9.17) is 0 Å². The topological polar surface area (TPSA) is 71.5 Å². The van der Waals surface area contributed by atoms with Crippen molar-refractivity contribution in [2.24, 2.45) is 0 Å². The van der Waals surface area contributed by atoms with Crippen molar-refractivity contribution in [1.29, 1.82) is 0 Å². The summed E-state index contributed by atoms with van der Waals surface area (Å²) in [6, 6.07) is 3.45. The van der Waals surface area contributed by atoms with E-state index in [9.17, 15) is 9.59 Å². The molecule has 0 saturated heterocycles. The average molecular weight is 293 g/mol. The predicted octanol–water partition coefficient (Wildman–Crippen LogP) is 1.61. The van der Waals surface area contributed by atoms with Crippen LogP contribution in [-0.2, 0) is 9.53 Å². The number of nitrogens with one attached hydrogen (secondary N) is 1. The standard InChI is InChI=1S/C15H23N3O3/c1-18(2)13-11-12(8-10-16-13)15(20)17-9-6-4-5-7-14(19)21-3/h8,10-11H,4-7,9H2,1-3H3,(H,17,20). The van der Waals surface area contributed by atoms with Crippen LogP contribution in [0.2, 0.25) is 0 Å². The van der Waals surface area contributed by atoms with Gasteiger partial charge in [0.25, 0.3) is 5.91 Å². The first-order valence-electron chi connectivity index (χ1n) is 7.03. The van der Waals surface area contributed by atoms with Crippen LogP contribution in [0.15, 0.2) is 18.3 Å². The zero-order chi connectivity index (χ0) is 15.7. The molecule has 0 radical (unpaired) electrons. The minimum absolute atomic E-state index is 0.103. The molecule has 0 aliphatic heterocycles. The number of carbonyl (C=O) groups is 2. The third-order valence-corrected chi connectivity index (χ3v) is 3.04. The predicted molar refractivity (Wildman–Crippen MR) is 81.4 cm³/mol. The van der Waals surface area contributed by atoms with Crippen LogP contribution in [-0.4, -0.2) is 44.6 Å². The summed E-state index contributed by atoms with van der Waals surface area (Å²) in [5, 5.41) is 2.87. The van der Waals surface area contributed by atoms with Crippen molar-refractivity contribution in [1.82, 2.24) is 10.3 Å². The molecule has 1 aromatic heterocycles. The molecular weight excluding hydrogens is 270 g/mol. The minimum Gasteiger partial charge on any atom is -0.469 e. The lowest BCUT2D eigenvalue weighted by Gasteiger charge is -2.12. The summed E-state index contributed by atoms with van der Waals surface area (Å²) < 4.78 is 4.56. The molecule has 1 amide bonds. The molecule has 0 atom stereocenters. The number of carbonyl (C=O) groups excluding carboxylic acids is 2. The van der Waals surface area contributed by atoms with Crippen LogP contribution in [0.4, 0.5) is 5.82 Å². The van der Waals surface area contributed by atoms with E-state index in [1.807, 2.05) is 19.0 Å². The Morgan fingerprint density at radius 2 is 2.05 bits per heavy atom. The molecule has 1 aromatic rings. The second kappa shape index (κ2) is 8.94. The van der Waals surface area contributed by atoms with Gasteiger partial charge >= 0.3 is 5.97 Å². The second-order valence-electron chi connectivity index (χ2n) is 4.94. The van der Waals surface area contributed by atoms with E-state index >= 15 is 0 Å². The minimum atomic E-state index is -0.188. The van der Waals surface area contributed by atoms with Crippen molar-refractivity contribution in [3.8, 4) is 0 Å². The van der Waals surface area contributed by atoms with E-state index in [1.165, 1.54) is 7.11 Å². The molecule has 0 bridgehead atoms. The first kappa shape index (κ1) is 16.9. The molecule has 6 heteroatoms. The normalized spacial score (nSPS) is 10.0. The molecule has 0 spiro atoms. The number of aromatic nitrogens is 1. The Balaban J connectivity index is 2.28. The van der Waals surface area contributed by atoms with Gasteiger partial charge in [-0.05, 0) is 25.0 Å². The van der Waals surface area contributed by atoms with Gasteiger partial charge in [0.1, 0.15) is 5.82 Å². The van der Waals surface area contributed by atoms with Crippen molar-refractivity contribution in [2.75, 3.05) is 32.6 Å². The van der Waals surface area contributed by atoms with Gasteiger partial charge in [-0.15, -0.1) is 0 Å². The number of ether oxygens (including phenoxy) is 1. The molecule has 0 unspecified atom stereocenters. The summed E-state index contributed by atoms with van der Waals surface area (Å²) in [5.41, 5.74) is 0.600. The van der Waals surface area contributed by atoms with Gasteiger partial charge in [-0.2, -0.15) is 0 Å². The van der Waals surface area contributed by atoms with Crippen LogP contribution in [0, 0.1) is 0 Å². The maximum Gasteiger partial charge on any atom is 0.305 e. The zero-order valence-electron chi connectivity index (χ0n) is 12.9. The largest absolute Gasteiger partial charge is 0.469 e. The molecule has 21 heavy (non-hydrogen) atoms. The van der Waals surface area contributed by atoms with Crippen LogP contribution in [0.3, 0.4) is 0 Å². The first-order chi connectivity index (χ1) is 10.0. The fraction of sp³-hybridized carbons (Fsp3) is 0.533. The molecule has 0 saturated carbocycles. The Morgan fingerprint density at radius 1 is 1.29 bits per heavy atom. The van der Waals surface area contributed by atoms with E-state index in [0.717, 1.165) is 25.1 Å². The van der Waals surface area contributed by atoms with Crippen molar-refractivity contribution < 1.29 is 14.3 Å². The van der Waals surface area contributed by atoms with E-state index < -0.39 is 0 Å². The Kier molecular flexibility index (Phi) is 7.21. The number of anilines is 1. The molecular formula is C15H23N3O3. The summed E-state index contributed by atoms with van der Waals surface area (Å²) in [4.78, 5) is 28.9. The second-order valence-corrected chi connectivity index (χ2v) is 4.94. The summed E-state index contributed by atoms with van der Waals surface area (Å²) in [6.07, 6.45) is 4.56. The number of methoxy groups -OCH3 is 1. The highest BCUT2D eigenvalue weighted by molar-refractivity contribution is 5.94. The number of hydrogen-bond acceptors (Lipinski definition) is 5. The molecule has 1 N–H and O–H groups in total. The smallest absolute Gasteiger partial charge is 0.305 e. The monoisotopic (exact) mass is 293 g/mol. The number of pyridine rings is 1. The average Bonchev–Trinajstić information content (AvgIpc) is 2.50. The summed E-state index contributed by atoms with van der Waals surface area (Å²) in [5.74, 6) is 0.459. The van der Waals surface area contributed by atoms with E-state index in [1.54, 1.807) is 18.3 Å². The fourth-order valence-electron chi connectivity index (χ4n) is 1.78. The molecule has 1 rings (SSSR count). The van der Waals surface area contributed by atoms with Crippen LogP contribution in [0.1, 0.15) is 36.0 Å². The Hall–Kier alpha value is -2.11. The van der Waals surface area contributed by atoms with Gasteiger partial charge in [0.2, 0.25) is 0 Å². The van der Waals surface area contributed by atoms with Gasteiger partial charge in [-0.1, -0.05) is 6.42 Å². The van der Waals surface area contributed by atoms with Crippen molar-refractivity contribution in [3.63, 3.8) is 0 Å². The van der Waals surface area contributed by atoms with Crippen LogP contribution in [0.5, 0.6) is 0 Å². The van der Waals surface area contributed by atoms with Gasteiger partial charge in [0, 0.05) is 38.8 Å². The van der Waals surface area contributed by atoms with Crippen LogP contribution in [0.25, 0.3) is 0 Å². The maximum atomic E-state index is 12.0. The van der Waals surface area contributed by atoms with Gasteiger partial charge in [-0.25, -0.2) is 4.98 Å². The zero-order valence-corrected chi connectivity index (χ0v) is 12.9. The lowest BCUT2D eigenvalue weighted by molar-refractivity contribution is -0.140.